The third-order valence-corrected chi connectivity index (χ3v) is 11.6. The largest absolute Gasteiger partial charge is 0.249 e. The number of pyridine rings is 3. The van der Waals surface area contributed by atoms with Crippen LogP contribution in [0.2, 0.25) is 0 Å². The lowest BCUT2D eigenvalue weighted by Crippen LogP contribution is -2.31. The lowest BCUT2D eigenvalue weighted by Gasteiger charge is -2.12. The van der Waals surface area contributed by atoms with E-state index in [4.69, 9.17) is 10.1 Å². The van der Waals surface area contributed by atoms with E-state index in [9.17, 15) is 0 Å². The lowest BCUT2D eigenvalue weighted by atomic mass is 9.96. The van der Waals surface area contributed by atoms with Crippen LogP contribution in [0.3, 0.4) is 0 Å². The standard InChI is InChI=1S/C53H55N6/c1-38-15-17-40(3)47(34-38)50-36-43(27-31-57(50)5)24-22-41-18-20-42(21-19-41)23-25-44-28-32-58(6)51(37-44)48-35-39(2)16-26-45(48)29-33-59-53(49-14-10-11-30-56(49)4)54-52(55-59)46-12-8-7-9-13-46/h7-21,26-28,30-32,34-37H,22-25,29,33H2,1-6H3/q+3. The molecular weight excluding hydrogens is 721 g/mol. The molecule has 294 valence electrons. The van der Waals surface area contributed by atoms with Crippen LogP contribution in [0.1, 0.15) is 44.5 Å². The van der Waals surface area contributed by atoms with Crippen LogP contribution in [0.5, 0.6) is 0 Å². The van der Waals surface area contributed by atoms with Crippen molar-refractivity contribution in [2.24, 2.45) is 21.1 Å². The predicted octanol–water partition coefficient (Wildman–Crippen LogP) is 9.16. The number of benzene rings is 4. The first-order valence-electron chi connectivity index (χ1n) is 20.9. The van der Waals surface area contributed by atoms with Gasteiger partial charge in [0.25, 0.3) is 0 Å². The molecule has 0 bridgehead atoms. The number of aromatic nitrogens is 6. The molecule has 0 fully saturated rings. The topological polar surface area (TPSA) is 42.4 Å². The number of rotatable bonds is 13. The number of nitrogens with zero attached hydrogens (tertiary/aromatic N) is 6. The monoisotopic (exact) mass is 775 g/mol. The molecule has 8 aromatic rings. The van der Waals surface area contributed by atoms with Gasteiger partial charge in [-0.3, -0.25) is 0 Å². The predicted molar refractivity (Wildman–Crippen MR) is 237 cm³/mol. The molecule has 0 saturated heterocycles. The number of aryl methyl sites for hydroxylation is 12. The molecular formula is C53H55N6+3. The van der Waals surface area contributed by atoms with E-state index in [0.29, 0.717) is 6.54 Å². The molecule has 6 heteroatoms. The fraction of sp³-hybridized carbons (Fsp3) is 0.226. The van der Waals surface area contributed by atoms with Crippen molar-refractivity contribution in [2.75, 3.05) is 0 Å². The van der Waals surface area contributed by atoms with Gasteiger partial charge >= 0.3 is 0 Å². The molecule has 0 aliphatic heterocycles. The first-order valence-corrected chi connectivity index (χ1v) is 20.9. The van der Waals surface area contributed by atoms with E-state index >= 15 is 0 Å². The van der Waals surface area contributed by atoms with Gasteiger partial charge in [0.1, 0.15) is 21.1 Å². The van der Waals surface area contributed by atoms with Gasteiger partial charge in [0.15, 0.2) is 24.4 Å². The molecule has 0 aliphatic carbocycles. The molecule has 4 heterocycles. The van der Waals surface area contributed by atoms with Gasteiger partial charge in [0.05, 0.1) is 0 Å². The van der Waals surface area contributed by atoms with Crippen molar-refractivity contribution in [3.05, 3.63) is 197 Å². The first-order chi connectivity index (χ1) is 28.7. The summed E-state index contributed by atoms with van der Waals surface area (Å²) in [4.78, 5) is 5.06. The summed E-state index contributed by atoms with van der Waals surface area (Å²) in [5.41, 5.74) is 17.7. The van der Waals surface area contributed by atoms with Crippen LogP contribution in [-0.2, 0) is 59.8 Å². The Hall–Kier alpha value is -6.53. The minimum atomic E-state index is 0.706. The van der Waals surface area contributed by atoms with Crippen molar-refractivity contribution in [3.63, 3.8) is 0 Å². The van der Waals surface area contributed by atoms with E-state index in [0.717, 1.165) is 55.0 Å². The highest BCUT2D eigenvalue weighted by Gasteiger charge is 2.22. The number of hydrogen-bond acceptors (Lipinski definition) is 2. The molecule has 0 radical (unpaired) electrons. The fourth-order valence-electron chi connectivity index (χ4n) is 8.06. The average molecular weight is 776 g/mol. The minimum absolute atomic E-state index is 0.706. The normalized spacial score (nSPS) is 11.3. The Morgan fingerprint density at radius 3 is 1.68 bits per heavy atom. The molecule has 0 N–H and O–H groups in total. The second-order valence-corrected chi connectivity index (χ2v) is 16.2. The molecule has 0 spiro atoms. The van der Waals surface area contributed by atoms with Crippen molar-refractivity contribution >= 4 is 0 Å². The van der Waals surface area contributed by atoms with E-state index in [-0.39, 0.29) is 0 Å². The summed E-state index contributed by atoms with van der Waals surface area (Å²) in [6.07, 6.45) is 11.3. The third-order valence-electron chi connectivity index (χ3n) is 11.6. The fourth-order valence-corrected chi connectivity index (χ4v) is 8.06. The van der Waals surface area contributed by atoms with Crippen LogP contribution in [0.4, 0.5) is 0 Å². The van der Waals surface area contributed by atoms with Gasteiger partial charge in [-0.2, -0.15) is 9.67 Å². The molecule has 8 rings (SSSR count). The summed E-state index contributed by atoms with van der Waals surface area (Å²) in [5, 5.41) is 5.05. The van der Waals surface area contributed by atoms with Crippen molar-refractivity contribution in [2.45, 2.75) is 59.4 Å². The average Bonchev–Trinajstić information content (AvgIpc) is 3.68. The molecule has 0 amide bonds. The van der Waals surface area contributed by atoms with E-state index < -0.39 is 0 Å². The summed E-state index contributed by atoms with van der Waals surface area (Å²) in [6.45, 7) is 7.26. The van der Waals surface area contributed by atoms with Gasteiger partial charge in [-0.1, -0.05) is 90.0 Å². The highest BCUT2D eigenvalue weighted by molar-refractivity contribution is 5.64. The Bertz CT molecular complexity index is 2730. The molecule has 59 heavy (non-hydrogen) atoms. The van der Waals surface area contributed by atoms with Crippen LogP contribution < -0.4 is 13.7 Å². The van der Waals surface area contributed by atoms with Crippen LogP contribution in [-0.4, -0.2) is 14.8 Å². The SMILES string of the molecule is Cc1ccc(C)c(-c2cc(CCc3ccc(CCc4cc[n+](C)c(-c5cc(C)ccc5CCn5nc(-c6ccccc6)nc5-c5cccc[n+]5C)c4)cc3)cc[n+]2C)c1. The zero-order valence-electron chi connectivity index (χ0n) is 35.4. The summed E-state index contributed by atoms with van der Waals surface area (Å²) in [7, 11) is 6.35. The van der Waals surface area contributed by atoms with Crippen molar-refractivity contribution in [3.8, 4) is 45.4 Å². The zero-order chi connectivity index (χ0) is 40.9. The van der Waals surface area contributed by atoms with E-state index in [1.807, 2.05) is 24.3 Å². The lowest BCUT2D eigenvalue weighted by molar-refractivity contribution is -0.660. The Morgan fingerprint density at radius 2 is 1.03 bits per heavy atom. The summed E-state index contributed by atoms with van der Waals surface area (Å²) in [5.74, 6) is 1.61. The molecule has 0 aliphatic rings. The molecule has 0 atom stereocenters. The second-order valence-electron chi connectivity index (χ2n) is 16.2. The highest BCUT2D eigenvalue weighted by atomic mass is 15.4. The van der Waals surface area contributed by atoms with Gasteiger partial charge in [-0.15, -0.1) is 0 Å². The number of hydrogen-bond donors (Lipinski definition) is 0. The van der Waals surface area contributed by atoms with Gasteiger partial charge in [-0.25, -0.2) is 18.8 Å². The Labute approximate surface area is 349 Å². The van der Waals surface area contributed by atoms with Crippen molar-refractivity contribution in [1.82, 2.24) is 14.8 Å². The Balaban J connectivity index is 0.955. The van der Waals surface area contributed by atoms with Crippen molar-refractivity contribution < 1.29 is 13.7 Å². The van der Waals surface area contributed by atoms with Crippen LogP contribution in [0.15, 0.2) is 152 Å². The van der Waals surface area contributed by atoms with Crippen LogP contribution in [0.25, 0.3) is 45.4 Å². The Kier molecular flexibility index (Phi) is 11.7. The van der Waals surface area contributed by atoms with Gasteiger partial charge in [-0.05, 0) is 104 Å². The van der Waals surface area contributed by atoms with Crippen molar-refractivity contribution in [1.29, 1.82) is 0 Å². The summed E-state index contributed by atoms with van der Waals surface area (Å²) >= 11 is 0. The van der Waals surface area contributed by atoms with Crippen LogP contribution in [0, 0.1) is 20.8 Å². The Morgan fingerprint density at radius 1 is 0.475 bits per heavy atom. The maximum Gasteiger partial charge on any atom is 0.249 e. The van der Waals surface area contributed by atoms with E-state index in [2.05, 4.69) is 188 Å². The van der Waals surface area contributed by atoms with Gasteiger partial charge in [0, 0.05) is 59.6 Å². The quantitative estimate of drug-likeness (QED) is 0.110. The van der Waals surface area contributed by atoms with E-state index in [1.165, 1.54) is 67.0 Å². The third kappa shape index (κ3) is 9.13. The second kappa shape index (κ2) is 17.5. The minimum Gasteiger partial charge on any atom is -0.240 e. The zero-order valence-corrected chi connectivity index (χ0v) is 35.4. The van der Waals surface area contributed by atoms with Gasteiger partial charge < -0.3 is 0 Å². The highest BCUT2D eigenvalue weighted by Crippen LogP contribution is 2.27. The molecule has 0 unspecified atom stereocenters. The molecule has 6 nitrogen and oxygen atoms in total. The molecule has 4 aromatic carbocycles. The summed E-state index contributed by atoms with van der Waals surface area (Å²) < 4.78 is 8.68. The first kappa shape index (κ1) is 39.3. The summed E-state index contributed by atoms with van der Waals surface area (Å²) in [6, 6.07) is 48.6. The maximum absolute atomic E-state index is 5.06. The maximum atomic E-state index is 5.06. The molecule has 4 aromatic heterocycles. The van der Waals surface area contributed by atoms with Gasteiger partial charge in [0.2, 0.25) is 22.9 Å². The molecule has 0 saturated carbocycles. The van der Waals surface area contributed by atoms with Crippen LogP contribution >= 0.6 is 0 Å². The smallest absolute Gasteiger partial charge is 0.240 e. The van der Waals surface area contributed by atoms with E-state index in [1.54, 1.807) is 0 Å².